The number of hydrogen-bond acceptors (Lipinski definition) is 7. The molecule has 23 heavy (non-hydrogen) atoms. The Bertz CT molecular complexity index is 713. The molecule has 9 heteroatoms. The fourth-order valence-electron chi connectivity index (χ4n) is 3.02. The first-order valence-corrected chi connectivity index (χ1v) is 8.15. The number of thioether (sulfide) groups is 1. The molecule has 0 aromatic carbocycles. The van der Waals surface area contributed by atoms with Gasteiger partial charge in [0.2, 0.25) is 5.91 Å². The van der Waals surface area contributed by atoms with Crippen LogP contribution < -0.4 is 11.2 Å². The molecular weight excluding hydrogens is 318 g/mol. The average molecular weight is 333 g/mol. The lowest BCUT2D eigenvalue weighted by molar-refractivity contribution is -0.148. The fraction of sp³-hybridized carbons (Fsp3) is 0.286. The number of hydrogen-bond donors (Lipinski definition) is 3. The van der Waals surface area contributed by atoms with Gasteiger partial charge in [-0.05, 0) is 17.7 Å². The highest BCUT2D eigenvalue weighted by Gasteiger charge is 2.51. The summed E-state index contributed by atoms with van der Waals surface area (Å²) in [6, 6.07) is -0.603. The van der Waals surface area contributed by atoms with Gasteiger partial charge in [0.1, 0.15) is 22.9 Å². The molecule has 0 radical (unpaired) electrons. The SMILES string of the molecule is N[C@H]1C(=O)N2C(C(=O)O)=C(CN3C=CN4NC=CC=C34)CS[C@@H]12. The zero-order valence-corrected chi connectivity index (χ0v) is 12.9. The molecule has 2 atom stereocenters. The van der Waals surface area contributed by atoms with Crippen LogP contribution in [-0.2, 0) is 9.59 Å². The maximum Gasteiger partial charge on any atom is 0.352 e. The van der Waals surface area contributed by atoms with Crippen LogP contribution in [0.4, 0.5) is 0 Å². The first-order valence-electron chi connectivity index (χ1n) is 7.10. The number of allylic oxidation sites excluding steroid dienone is 2. The number of nitrogens with one attached hydrogen (secondary N) is 1. The van der Waals surface area contributed by atoms with E-state index >= 15 is 0 Å². The van der Waals surface area contributed by atoms with Gasteiger partial charge in [0, 0.05) is 30.9 Å². The minimum absolute atomic E-state index is 0.0761. The zero-order chi connectivity index (χ0) is 16.1. The van der Waals surface area contributed by atoms with Crippen LogP contribution in [0, 0.1) is 0 Å². The van der Waals surface area contributed by atoms with Gasteiger partial charge in [-0.3, -0.25) is 9.69 Å². The third-order valence-electron chi connectivity index (χ3n) is 4.14. The van der Waals surface area contributed by atoms with E-state index in [1.807, 2.05) is 34.5 Å². The molecule has 0 aromatic heterocycles. The number of fused-ring (bicyclic) bond motifs is 2. The number of carboxylic acid groups (broad SMARTS) is 1. The summed E-state index contributed by atoms with van der Waals surface area (Å²) >= 11 is 1.51. The minimum atomic E-state index is -1.08. The Morgan fingerprint density at radius 3 is 3.09 bits per heavy atom. The lowest BCUT2D eigenvalue weighted by Crippen LogP contribution is -2.68. The Balaban J connectivity index is 1.63. The van der Waals surface area contributed by atoms with Gasteiger partial charge in [-0.25, -0.2) is 9.80 Å². The molecule has 0 spiro atoms. The van der Waals surface area contributed by atoms with E-state index in [9.17, 15) is 14.7 Å². The van der Waals surface area contributed by atoms with Crippen LogP contribution in [0.25, 0.3) is 0 Å². The van der Waals surface area contributed by atoms with Crippen molar-refractivity contribution in [1.82, 2.24) is 20.2 Å². The summed E-state index contributed by atoms with van der Waals surface area (Å²) in [4.78, 5) is 26.9. The second kappa shape index (κ2) is 5.07. The van der Waals surface area contributed by atoms with Crippen LogP contribution >= 0.6 is 11.8 Å². The zero-order valence-electron chi connectivity index (χ0n) is 12.0. The molecular formula is C14H15N5O3S. The van der Waals surface area contributed by atoms with Gasteiger partial charge in [-0.2, -0.15) is 0 Å². The van der Waals surface area contributed by atoms with Crippen LogP contribution in [0.3, 0.4) is 0 Å². The highest BCUT2D eigenvalue weighted by molar-refractivity contribution is 8.00. The molecule has 8 nitrogen and oxygen atoms in total. The summed E-state index contributed by atoms with van der Waals surface area (Å²) in [5.41, 5.74) is 9.60. The second-order valence-electron chi connectivity index (χ2n) is 5.50. The molecule has 0 saturated carbocycles. The Morgan fingerprint density at radius 1 is 1.48 bits per heavy atom. The largest absolute Gasteiger partial charge is 0.477 e. The van der Waals surface area contributed by atoms with E-state index in [4.69, 9.17) is 5.73 Å². The highest BCUT2D eigenvalue weighted by Crippen LogP contribution is 2.40. The number of nitrogens with zero attached hydrogens (tertiary/aromatic N) is 3. The monoisotopic (exact) mass is 333 g/mol. The first-order chi connectivity index (χ1) is 11.1. The fourth-order valence-corrected chi connectivity index (χ4v) is 4.30. The molecule has 1 fully saturated rings. The number of rotatable bonds is 3. The normalized spacial score (nSPS) is 28.3. The molecule has 4 heterocycles. The van der Waals surface area contributed by atoms with Crippen molar-refractivity contribution >= 4 is 23.6 Å². The Hall–Kier alpha value is -2.39. The molecule has 4 aliphatic heterocycles. The van der Waals surface area contributed by atoms with Crippen LogP contribution in [0.15, 0.2) is 47.8 Å². The molecule has 0 aliphatic carbocycles. The van der Waals surface area contributed by atoms with Crippen molar-refractivity contribution in [3.05, 3.63) is 47.8 Å². The van der Waals surface area contributed by atoms with Gasteiger partial charge >= 0.3 is 5.97 Å². The van der Waals surface area contributed by atoms with E-state index in [0.717, 1.165) is 5.82 Å². The van der Waals surface area contributed by atoms with E-state index < -0.39 is 12.0 Å². The summed E-state index contributed by atoms with van der Waals surface area (Å²) in [6.45, 7) is 0.411. The number of β-lactam (4-membered cyclic amide) rings is 1. The van der Waals surface area contributed by atoms with Crippen LogP contribution in [0.5, 0.6) is 0 Å². The van der Waals surface area contributed by atoms with Crippen LogP contribution in [0.1, 0.15) is 0 Å². The number of nitrogens with two attached hydrogens (primary N) is 1. The molecule has 4 aliphatic rings. The average Bonchev–Trinajstić information content (AvgIpc) is 2.96. The number of amides is 1. The predicted octanol–water partition coefficient (Wildman–Crippen LogP) is -0.470. The molecule has 0 bridgehead atoms. The van der Waals surface area contributed by atoms with Crippen molar-refractivity contribution in [3.63, 3.8) is 0 Å². The topological polar surface area (TPSA) is 102 Å². The third kappa shape index (κ3) is 2.04. The van der Waals surface area contributed by atoms with E-state index in [2.05, 4.69) is 5.43 Å². The maximum absolute atomic E-state index is 11.9. The summed E-state index contributed by atoms with van der Waals surface area (Å²) in [6.07, 6.45) is 9.35. The van der Waals surface area contributed by atoms with Gasteiger partial charge in [-0.1, -0.05) is 0 Å². The molecule has 120 valence electrons. The summed E-state index contributed by atoms with van der Waals surface area (Å²) < 4.78 is 0. The number of carbonyl (C=O) groups is 2. The van der Waals surface area contributed by atoms with E-state index in [1.165, 1.54) is 16.7 Å². The number of hydrazine groups is 1. The molecule has 0 unspecified atom stereocenters. The Kier molecular flexibility index (Phi) is 3.13. The Morgan fingerprint density at radius 2 is 2.30 bits per heavy atom. The predicted molar refractivity (Wildman–Crippen MR) is 83.8 cm³/mol. The lowest BCUT2D eigenvalue weighted by Gasteiger charge is -2.48. The third-order valence-corrected chi connectivity index (χ3v) is 5.50. The minimum Gasteiger partial charge on any atom is -0.477 e. The van der Waals surface area contributed by atoms with Gasteiger partial charge in [0.05, 0.1) is 0 Å². The van der Waals surface area contributed by atoms with Crippen LogP contribution in [0.2, 0.25) is 0 Å². The van der Waals surface area contributed by atoms with Gasteiger partial charge in [0.25, 0.3) is 0 Å². The van der Waals surface area contributed by atoms with Crippen molar-refractivity contribution in [2.24, 2.45) is 5.73 Å². The summed E-state index contributed by atoms with van der Waals surface area (Å²) in [5, 5.41) is 11.1. The van der Waals surface area contributed by atoms with E-state index in [1.54, 1.807) is 6.20 Å². The molecule has 4 rings (SSSR count). The number of aliphatic carboxylic acids is 1. The molecule has 1 saturated heterocycles. The van der Waals surface area contributed by atoms with Crippen molar-refractivity contribution in [2.75, 3.05) is 12.3 Å². The van der Waals surface area contributed by atoms with Crippen molar-refractivity contribution in [2.45, 2.75) is 11.4 Å². The number of carbonyl (C=O) groups excluding carboxylic acids is 1. The summed E-state index contributed by atoms with van der Waals surface area (Å²) in [5.74, 6) is 0.0481. The molecule has 0 aromatic rings. The first kappa shape index (κ1) is 14.2. The van der Waals surface area contributed by atoms with Crippen molar-refractivity contribution in [1.29, 1.82) is 0 Å². The van der Waals surface area contributed by atoms with E-state index in [-0.39, 0.29) is 17.0 Å². The molecule has 1 amide bonds. The smallest absolute Gasteiger partial charge is 0.352 e. The van der Waals surface area contributed by atoms with Gasteiger partial charge in [-0.15, -0.1) is 11.8 Å². The standard InChI is InChI=1S/C14H15N5O3S/c15-10-12(20)19-11(14(21)22)8(7-23-13(10)19)6-17-4-5-18-9(17)2-1-3-16-18/h1-5,10,13,16H,6-7,15H2,(H,21,22)/t10-,13-/m0/s1. The van der Waals surface area contributed by atoms with Crippen molar-refractivity contribution < 1.29 is 14.7 Å². The Labute approximate surface area is 136 Å². The molecule has 4 N–H and O–H groups in total. The van der Waals surface area contributed by atoms with E-state index in [0.29, 0.717) is 17.9 Å². The lowest BCUT2D eigenvalue weighted by atomic mass is 10.0. The quantitative estimate of drug-likeness (QED) is 0.596. The van der Waals surface area contributed by atoms with Crippen molar-refractivity contribution in [3.8, 4) is 0 Å². The van der Waals surface area contributed by atoms with Gasteiger partial charge in [0.15, 0.2) is 0 Å². The second-order valence-corrected chi connectivity index (χ2v) is 6.61. The summed E-state index contributed by atoms with van der Waals surface area (Å²) in [7, 11) is 0. The maximum atomic E-state index is 11.9. The number of carboxylic acids is 1. The van der Waals surface area contributed by atoms with Crippen LogP contribution in [-0.4, -0.2) is 55.5 Å². The highest BCUT2D eigenvalue weighted by atomic mass is 32.2. The van der Waals surface area contributed by atoms with Gasteiger partial charge < -0.3 is 21.2 Å².